The van der Waals surface area contributed by atoms with Crippen LogP contribution in [0, 0.1) is 0 Å². The molecule has 0 radical (unpaired) electrons. The molecule has 6 heteroatoms. The average molecular weight is 222 g/mol. The molecule has 1 aromatic heterocycles. The van der Waals surface area contributed by atoms with Gasteiger partial charge in [-0.3, -0.25) is 9.59 Å². The van der Waals surface area contributed by atoms with Gasteiger partial charge in [0.1, 0.15) is 0 Å². The van der Waals surface area contributed by atoms with Gasteiger partial charge in [0.15, 0.2) is 5.82 Å². The fraction of sp³-hybridized carbons (Fsp3) is 0.500. The van der Waals surface area contributed by atoms with Crippen molar-refractivity contribution in [1.29, 1.82) is 0 Å². The summed E-state index contributed by atoms with van der Waals surface area (Å²) in [6.07, 6.45) is 4.54. The lowest BCUT2D eigenvalue weighted by atomic mass is 10.2. The largest absolute Gasteiger partial charge is 0.363 e. The number of anilines is 1. The molecule has 0 aromatic carbocycles. The molecule has 1 atom stereocenters. The summed E-state index contributed by atoms with van der Waals surface area (Å²) in [5.74, 6) is 0.395. The van der Waals surface area contributed by atoms with Gasteiger partial charge in [-0.15, -0.1) is 0 Å². The van der Waals surface area contributed by atoms with Crippen LogP contribution in [0.2, 0.25) is 0 Å². The predicted molar refractivity (Wildman–Crippen MR) is 59.1 cm³/mol. The minimum atomic E-state index is -0.160. The molecule has 1 amide bonds. The zero-order valence-electron chi connectivity index (χ0n) is 9.06. The van der Waals surface area contributed by atoms with Crippen molar-refractivity contribution in [3.63, 3.8) is 0 Å². The molecule has 16 heavy (non-hydrogen) atoms. The van der Waals surface area contributed by atoms with Gasteiger partial charge < -0.3 is 15.2 Å². The third-order valence-electron chi connectivity index (χ3n) is 2.62. The third kappa shape index (κ3) is 2.21. The third-order valence-corrected chi connectivity index (χ3v) is 2.62. The lowest BCUT2D eigenvalue weighted by molar-refractivity contribution is -0.119. The van der Waals surface area contributed by atoms with E-state index in [1.807, 2.05) is 0 Å². The van der Waals surface area contributed by atoms with Crippen LogP contribution in [0.25, 0.3) is 0 Å². The van der Waals surface area contributed by atoms with E-state index in [2.05, 4.69) is 15.6 Å². The molecule has 0 aliphatic carbocycles. The number of nitrogens with zero attached hydrogens (tertiary/aromatic N) is 2. The minimum absolute atomic E-state index is 0.0701. The van der Waals surface area contributed by atoms with Crippen molar-refractivity contribution < 1.29 is 4.79 Å². The zero-order chi connectivity index (χ0) is 11.5. The zero-order valence-corrected chi connectivity index (χ0v) is 9.06. The Morgan fingerprint density at radius 2 is 2.44 bits per heavy atom. The molecule has 0 saturated carbocycles. The van der Waals surface area contributed by atoms with Crippen molar-refractivity contribution in [2.75, 3.05) is 11.9 Å². The van der Waals surface area contributed by atoms with Gasteiger partial charge in [0, 0.05) is 38.4 Å². The fourth-order valence-electron chi connectivity index (χ4n) is 1.67. The average Bonchev–Trinajstić information content (AvgIpc) is 2.67. The summed E-state index contributed by atoms with van der Waals surface area (Å²) in [5.41, 5.74) is -0.160. The highest BCUT2D eigenvalue weighted by Crippen LogP contribution is 2.06. The van der Waals surface area contributed by atoms with Crippen molar-refractivity contribution in [3.05, 3.63) is 22.7 Å². The highest BCUT2D eigenvalue weighted by Gasteiger charge is 2.20. The number of amides is 1. The van der Waals surface area contributed by atoms with E-state index in [0.29, 0.717) is 18.8 Å². The Labute approximate surface area is 92.7 Å². The molecule has 1 aliphatic heterocycles. The smallest absolute Gasteiger partial charge is 0.293 e. The van der Waals surface area contributed by atoms with Gasteiger partial charge in [0.2, 0.25) is 5.91 Å². The van der Waals surface area contributed by atoms with Gasteiger partial charge in [-0.05, 0) is 6.42 Å². The molecule has 0 spiro atoms. The van der Waals surface area contributed by atoms with Gasteiger partial charge in [0.25, 0.3) is 5.56 Å². The molecule has 1 saturated heterocycles. The molecule has 2 rings (SSSR count). The van der Waals surface area contributed by atoms with E-state index in [1.54, 1.807) is 19.4 Å². The second-order valence-corrected chi connectivity index (χ2v) is 3.88. The van der Waals surface area contributed by atoms with E-state index in [-0.39, 0.29) is 17.5 Å². The predicted octanol–water partition coefficient (Wildman–Crippen LogP) is -0.529. The van der Waals surface area contributed by atoms with E-state index in [4.69, 9.17) is 0 Å². The number of aryl methyl sites for hydroxylation is 1. The Kier molecular flexibility index (Phi) is 2.89. The highest BCUT2D eigenvalue weighted by molar-refractivity contribution is 5.78. The van der Waals surface area contributed by atoms with Gasteiger partial charge in [-0.2, -0.15) is 0 Å². The Hall–Kier alpha value is -1.85. The molecule has 1 unspecified atom stereocenters. The SMILES string of the molecule is Cn1ccnc(NCC2CCC(=O)N2)c1=O. The lowest BCUT2D eigenvalue weighted by Gasteiger charge is -2.11. The molecular formula is C10H14N4O2. The van der Waals surface area contributed by atoms with Crippen molar-refractivity contribution in [2.24, 2.45) is 7.05 Å². The number of hydrogen-bond acceptors (Lipinski definition) is 4. The Balaban J connectivity index is 1.97. The van der Waals surface area contributed by atoms with Gasteiger partial charge in [0.05, 0.1) is 0 Å². The maximum atomic E-state index is 11.6. The van der Waals surface area contributed by atoms with Crippen LogP contribution in [0.15, 0.2) is 17.2 Å². The van der Waals surface area contributed by atoms with Crippen molar-refractivity contribution in [2.45, 2.75) is 18.9 Å². The summed E-state index contributed by atoms with van der Waals surface area (Å²) >= 11 is 0. The van der Waals surface area contributed by atoms with Crippen LogP contribution in [-0.2, 0) is 11.8 Å². The Bertz CT molecular complexity index is 454. The number of aromatic nitrogens is 2. The first-order chi connectivity index (χ1) is 7.66. The fourth-order valence-corrected chi connectivity index (χ4v) is 1.67. The van der Waals surface area contributed by atoms with Crippen LogP contribution >= 0.6 is 0 Å². The van der Waals surface area contributed by atoms with Gasteiger partial charge >= 0.3 is 0 Å². The first-order valence-corrected chi connectivity index (χ1v) is 5.21. The van der Waals surface area contributed by atoms with E-state index < -0.39 is 0 Å². The number of hydrogen-bond donors (Lipinski definition) is 2. The number of carbonyl (C=O) groups is 1. The van der Waals surface area contributed by atoms with E-state index in [9.17, 15) is 9.59 Å². The van der Waals surface area contributed by atoms with E-state index in [0.717, 1.165) is 6.42 Å². The Morgan fingerprint density at radius 3 is 3.12 bits per heavy atom. The molecule has 2 heterocycles. The lowest BCUT2D eigenvalue weighted by Crippen LogP contribution is -2.33. The summed E-state index contributed by atoms with van der Waals surface area (Å²) in [4.78, 5) is 26.5. The monoisotopic (exact) mass is 222 g/mol. The van der Waals surface area contributed by atoms with Crippen LogP contribution in [0.3, 0.4) is 0 Å². The summed E-state index contributed by atoms with van der Waals surface area (Å²) in [6, 6.07) is 0.0965. The second kappa shape index (κ2) is 4.34. The molecular weight excluding hydrogens is 208 g/mol. The summed E-state index contributed by atoms with van der Waals surface area (Å²) < 4.78 is 1.46. The van der Waals surface area contributed by atoms with Crippen LogP contribution in [-0.4, -0.2) is 28.0 Å². The quantitative estimate of drug-likeness (QED) is 0.721. The minimum Gasteiger partial charge on any atom is -0.363 e. The number of carbonyl (C=O) groups excluding carboxylic acids is 1. The van der Waals surface area contributed by atoms with Crippen molar-refractivity contribution in [3.8, 4) is 0 Å². The highest BCUT2D eigenvalue weighted by atomic mass is 16.2. The first kappa shape index (κ1) is 10.7. The van der Waals surface area contributed by atoms with E-state index >= 15 is 0 Å². The standard InChI is InChI=1S/C10H14N4O2/c1-14-5-4-11-9(10(14)16)12-6-7-2-3-8(15)13-7/h4-5,7H,2-3,6H2,1H3,(H,11,12)(H,13,15). The summed E-state index contributed by atoms with van der Waals surface area (Å²) in [6.45, 7) is 0.540. The molecule has 1 aliphatic rings. The molecule has 0 bridgehead atoms. The van der Waals surface area contributed by atoms with Crippen LogP contribution in [0.1, 0.15) is 12.8 Å². The summed E-state index contributed by atoms with van der Waals surface area (Å²) in [5, 5.41) is 5.78. The topological polar surface area (TPSA) is 76.0 Å². The van der Waals surface area contributed by atoms with Crippen LogP contribution in [0.5, 0.6) is 0 Å². The Morgan fingerprint density at radius 1 is 1.62 bits per heavy atom. The molecule has 1 aromatic rings. The number of rotatable bonds is 3. The molecule has 2 N–H and O–H groups in total. The second-order valence-electron chi connectivity index (χ2n) is 3.88. The molecule has 6 nitrogen and oxygen atoms in total. The molecule has 86 valence electrons. The maximum absolute atomic E-state index is 11.6. The van der Waals surface area contributed by atoms with Crippen molar-refractivity contribution in [1.82, 2.24) is 14.9 Å². The first-order valence-electron chi connectivity index (χ1n) is 5.21. The van der Waals surface area contributed by atoms with Crippen LogP contribution < -0.4 is 16.2 Å². The maximum Gasteiger partial charge on any atom is 0.293 e. The van der Waals surface area contributed by atoms with Gasteiger partial charge in [-0.1, -0.05) is 0 Å². The normalized spacial score (nSPS) is 19.6. The van der Waals surface area contributed by atoms with Gasteiger partial charge in [-0.25, -0.2) is 4.98 Å². The molecule has 1 fully saturated rings. The van der Waals surface area contributed by atoms with Crippen LogP contribution in [0.4, 0.5) is 5.82 Å². The van der Waals surface area contributed by atoms with E-state index in [1.165, 1.54) is 4.57 Å². The summed E-state index contributed by atoms with van der Waals surface area (Å²) in [7, 11) is 1.67. The van der Waals surface area contributed by atoms with Crippen molar-refractivity contribution >= 4 is 11.7 Å². The number of nitrogens with one attached hydrogen (secondary N) is 2.